The van der Waals surface area contributed by atoms with E-state index in [0.29, 0.717) is 13.2 Å². The second kappa shape index (κ2) is 6.71. The van der Waals surface area contributed by atoms with Gasteiger partial charge in [0, 0.05) is 0 Å². The summed E-state index contributed by atoms with van der Waals surface area (Å²) in [5.74, 6) is 0.863. The summed E-state index contributed by atoms with van der Waals surface area (Å²) >= 11 is 0. The Kier molecular flexibility index (Phi) is 5.09. The van der Waals surface area contributed by atoms with Gasteiger partial charge in [-0.3, -0.25) is 0 Å². The number of hydrogen-bond acceptors (Lipinski definition) is 2. The standard InChI is InChI=1S/C13H16O2/c1-3-6-12-7-5-8-13(11-12)15-10-9-14-4-2/h3-5,7-8,11H,1-2,6,9-10H2. The highest BCUT2D eigenvalue weighted by molar-refractivity contribution is 5.29. The first-order valence-corrected chi connectivity index (χ1v) is 4.92. The minimum atomic E-state index is 0.523. The van der Waals surface area contributed by atoms with Gasteiger partial charge in [0.05, 0.1) is 6.26 Å². The summed E-state index contributed by atoms with van der Waals surface area (Å²) in [6, 6.07) is 7.97. The molecule has 1 rings (SSSR count). The van der Waals surface area contributed by atoms with E-state index in [2.05, 4.69) is 19.2 Å². The maximum Gasteiger partial charge on any atom is 0.122 e. The molecule has 0 saturated heterocycles. The molecule has 0 bridgehead atoms. The molecule has 1 aromatic carbocycles. The van der Waals surface area contributed by atoms with Crippen LogP contribution < -0.4 is 4.74 Å². The maximum absolute atomic E-state index is 5.49. The zero-order chi connectivity index (χ0) is 10.9. The fraction of sp³-hybridized carbons (Fsp3) is 0.231. The van der Waals surface area contributed by atoms with Gasteiger partial charge in [-0.2, -0.15) is 0 Å². The molecule has 2 nitrogen and oxygen atoms in total. The molecular weight excluding hydrogens is 188 g/mol. The lowest BCUT2D eigenvalue weighted by Crippen LogP contribution is -2.03. The Hall–Kier alpha value is -1.70. The quantitative estimate of drug-likeness (QED) is 0.386. The van der Waals surface area contributed by atoms with Gasteiger partial charge in [0.2, 0.25) is 0 Å². The number of hydrogen-bond donors (Lipinski definition) is 0. The first kappa shape index (κ1) is 11.4. The van der Waals surface area contributed by atoms with Crippen molar-refractivity contribution in [2.45, 2.75) is 6.42 Å². The zero-order valence-electron chi connectivity index (χ0n) is 8.82. The van der Waals surface area contributed by atoms with E-state index in [4.69, 9.17) is 9.47 Å². The fourth-order valence-corrected chi connectivity index (χ4v) is 1.22. The van der Waals surface area contributed by atoms with Gasteiger partial charge in [-0.15, -0.1) is 6.58 Å². The van der Waals surface area contributed by atoms with Crippen molar-refractivity contribution >= 4 is 0 Å². The van der Waals surface area contributed by atoms with Crippen molar-refractivity contribution in [1.29, 1.82) is 0 Å². The minimum Gasteiger partial charge on any atom is -0.498 e. The molecule has 0 amide bonds. The van der Waals surface area contributed by atoms with Crippen LogP contribution in [0, 0.1) is 0 Å². The Balaban J connectivity index is 2.42. The van der Waals surface area contributed by atoms with Crippen LogP contribution in [0.15, 0.2) is 49.8 Å². The molecule has 0 atom stereocenters. The van der Waals surface area contributed by atoms with Crippen LogP contribution in [0.4, 0.5) is 0 Å². The third kappa shape index (κ3) is 4.36. The number of ether oxygens (including phenoxy) is 2. The van der Waals surface area contributed by atoms with E-state index in [1.54, 1.807) is 0 Å². The first-order valence-electron chi connectivity index (χ1n) is 4.92. The van der Waals surface area contributed by atoms with Crippen LogP contribution in [0.3, 0.4) is 0 Å². The lowest BCUT2D eigenvalue weighted by molar-refractivity contribution is 0.179. The molecule has 1 aromatic rings. The Morgan fingerprint density at radius 2 is 2.07 bits per heavy atom. The molecule has 0 radical (unpaired) electrons. The molecule has 0 aliphatic heterocycles. The monoisotopic (exact) mass is 204 g/mol. The average Bonchev–Trinajstić information content (AvgIpc) is 2.26. The maximum atomic E-state index is 5.49. The lowest BCUT2D eigenvalue weighted by Gasteiger charge is -2.06. The van der Waals surface area contributed by atoms with Gasteiger partial charge in [0.15, 0.2) is 0 Å². The molecule has 2 heteroatoms. The van der Waals surface area contributed by atoms with Crippen molar-refractivity contribution in [3.8, 4) is 5.75 Å². The van der Waals surface area contributed by atoms with Crippen LogP contribution >= 0.6 is 0 Å². The number of benzene rings is 1. The predicted octanol–water partition coefficient (Wildman–Crippen LogP) is 2.95. The van der Waals surface area contributed by atoms with E-state index in [-0.39, 0.29) is 0 Å². The van der Waals surface area contributed by atoms with E-state index in [9.17, 15) is 0 Å². The summed E-state index contributed by atoms with van der Waals surface area (Å²) < 4.78 is 10.4. The molecular formula is C13H16O2. The van der Waals surface area contributed by atoms with Gasteiger partial charge in [-0.1, -0.05) is 24.8 Å². The van der Waals surface area contributed by atoms with Crippen LogP contribution in [0.1, 0.15) is 5.56 Å². The highest BCUT2D eigenvalue weighted by atomic mass is 16.5. The molecule has 0 aromatic heterocycles. The molecule has 0 aliphatic carbocycles. The summed E-state index contributed by atoms with van der Waals surface area (Å²) in [5.41, 5.74) is 1.20. The molecule has 15 heavy (non-hydrogen) atoms. The Labute approximate surface area is 90.8 Å². The van der Waals surface area contributed by atoms with Crippen molar-refractivity contribution < 1.29 is 9.47 Å². The van der Waals surface area contributed by atoms with E-state index in [1.807, 2.05) is 24.3 Å². The lowest BCUT2D eigenvalue weighted by atomic mass is 10.1. The van der Waals surface area contributed by atoms with Gasteiger partial charge >= 0.3 is 0 Å². The normalized spacial score (nSPS) is 9.33. The molecule has 0 N–H and O–H groups in total. The summed E-state index contributed by atoms with van der Waals surface area (Å²) in [7, 11) is 0. The van der Waals surface area contributed by atoms with Crippen LogP contribution in [0.25, 0.3) is 0 Å². The number of rotatable bonds is 7. The number of allylic oxidation sites excluding steroid dienone is 1. The topological polar surface area (TPSA) is 18.5 Å². The average molecular weight is 204 g/mol. The van der Waals surface area contributed by atoms with Crippen LogP contribution in [0.5, 0.6) is 5.75 Å². The second-order valence-electron chi connectivity index (χ2n) is 3.03. The van der Waals surface area contributed by atoms with Gasteiger partial charge in [-0.05, 0) is 24.1 Å². The summed E-state index contributed by atoms with van der Waals surface area (Å²) in [6.07, 6.45) is 4.15. The molecule has 80 valence electrons. The third-order valence-corrected chi connectivity index (χ3v) is 1.87. The van der Waals surface area contributed by atoms with E-state index >= 15 is 0 Å². The van der Waals surface area contributed by atoms with Crippen LogP contribution in [-0.4, -0.2) is 13.2 Å². The first-order chi connectivity index (χ1) is 7.36. The molecule has 0 fully saturated rings. The molecule has 0 spiro atoms. The third-order valence-electron chi connectivity index (χ3n) is 1.87. The molecule has 0 aliphatic rings. The Bertz CT molecular complexity index is 318. The van der Waals surface area contributed by atoms with Gasteiger partial charge in [0.25, 0.3) is 0 Å². The van der Waals surface area contributed by atoms with Crippen molar-refractivity contribution in [2.75, 3.05) is 13.2 Å². The van der Waals surface area contributed by atoms with E-state index in [0.717, 1.165) is 12.2 Å². The van der Waals surface area contributed by atoms with Gasteiger partial charge in [-0.25, -0.2) is 0 Å². The summed E-state index contributed by atoms with van der Waals surface area (Å²) in [4.78, 5) is 0. The fourth-order valence-electron chi connectivity index (χ4n) is 1.22. The van der Waals surface area contributed by atoms with Crippen molar-refractivity contribution in [3.63, 3.8) is 0 Å². The zero-order valence-corrected chi connectivity index (χ0v) is 8.82. The van der Waals surface area contributed by atoms with Crippen molar-refractivity contribution in [1.82, 2.24) is 0 Å². The van der Waals surface area contributed by atoms with E-state index in [1.165, 1.54) is 11.8 Å². The highest BCUT2D eigenvalue weighted by Gasteiger charge is 1.95. The highest BCUT2D eigenvalue weighted by Crippen LogP contribution is 2.13. The Morgan fingerprint density at radius 3 is 2.80 bits per heavy atom. The molecule has 0 saturated carbocycles. The molecule has 0 heterocycles. The summed E-state index contributed by atoms with van der Waals surface area (Å²) in [6.45, 7) is 8.21. The smallest absolute Gasteiger partial charge is 0.122 e. The van der Waals surface area contributed by atoms with Gasteiger partial charge in [0.1, 0.15) is 19.0 Å². The molecule has 0 unspecified atom stereocenters. The SMILES string of the molecule is C=CCc1cccc(OCCOC=C)c1. The predicted molar refractivity (Wildman–Crippen MR) is 62.0 cm³/mol. The van der Waals surface area contributed by atoms with Crippen LogP contribution in [-0.2, 0) is 11.2 Å². The second-order valence-corrected chi connectivity index (χ2v) is 3.03. The van der Waals surface area contributed by atoms with Crippen molar-refractivity contribution in [2.24, 2.45) is 0 Å². The Morgan fingerprint density at radius 1 is 1.20 bits per heavy atom. The van der Waals surface area contributed by atoms with Crippen LogP contribution in [0.2, 0.25) is 0 Å². The largest absolute Gasteiger partial charge is 0.498 e. The van der Waals surface area contributed by atoms with E-state index < -0.39 is 0 Å². The minimum absolute atomic E-state index is 0.523. The van der Waals surface area contributed by atoms with Gasteiger partial charge < -0.3 is 9.47 Å². The summed E-state index contributed by atoms with van der Waals surface area (Å²) in [5, 5.41) is 0. The van der Waals surface area contributed by atoms with Crippen molar-refractivity contribution in [3.05, 3.63) is 55.3 Å².